The number of aromatic nitrogens is 1. The summed E-state index contributed by atoms with van der Waals surface area (Å²) in [7, 11) is -3.69. The molecule has 1 saturated carbocycles. The van der Waals surface area contributed by atoms with Crippen LogP contribution in [0, 0.1) is 5.41 Å². The Kier molecular flexibility index (Phi) is 4.34. The summed E-state index contributed by atoms with van der Waals surface area (Å²) in [4.78, 5) is 14.5. The Labute approximate surface area is 124 Å². The summed E-state index contributed by atoms with van der Waals surface area (Å²) >= 11 is 0. The third-order valence-corrected chi connectivity index (χ3v) is 5.36. The van der Waals surface area contributed by atoms with Crippen molar-refractivity contribution in [1.82, 2.24) is 9.71 Å². The zero-order valence-electron chi connectivity index (χ0n) is 12.2. The highest BCUT2D eigenvalue weighted by Crippen LogP contribution is 2.35. The van der Waals surface area contributed by atoms with Crippen LogP contribution < -0.4 is 4.72 Å². The van der Waals surface area contributed by atoms with Gasteiger partial charge >= 0.3 is 5.97 Å². The summed E-state index contributed by atoms with van der Waals surface area (Å²) in [6, 6.07) is 2.39. The second-order valence-corrected chi connectivity index (χ2v) is 7.91. The average Bonchev–Trinajstić information content (AvgIpc) is 2.41. The van der Waals surface area contributed by atoms with E-state index in [4.69, 9.17) is 5.11 Å². The normalized spacial score (nSPS) is 19.3. The largest absolute Gasteiger partial charge is 0.478 e. The fourth-order valence-electron chi connectivity index (χ4n) is 2.46. The molecule has 0 unspecified atom stereocenters. The van der Waals surface area contributed by atoms with Crippen LogP contribution in [0.3, 0.4) is 0 Å². The third-order valence-electron chi connectivity index (χ3n) is 3.92. The van der Waals surface area contributed by atoms with E-state index in [2.05, 4.69) is 23.6 Å². The maximum atomic E-state index is 12.2. The summed E-state index contributed by atoms with van der Waals surface area (Å²) in [5.41, 5.74) is 0.233. The molecule has 0 spiro atoms. The number of carboxylic acid groups (broad SMARTS) is 1. The van der Waals surface area contributed by atoms with E-state index in [-0.39, 0.29) is 22.0 Å². The zero-order valence-corrected chi connectivity index (χ0v) is 13.0. The number of aromatic carboxylic acids is 1. The molecule has 0 radical (unpaired) electrons. The van der Waals surface area contributed by atoms with Gasteiger partial charge in [-0.3, -0.25) is 0 Å². The Morgan fingerprint density at radius 1 is 1.33 bits per heavy atom. The monoisotopic (exact) mass is 312 g/mol. The molecule has 0 bridgehead atoms. The molecule has 0 amide bonds. The number of nitrogens with one attached hydrogen (secondary N) is 1. The van der Waals surface area contributed by atoms with Crippen molar-refractivity contribution in [3.63, 3.8) is 0 Å². The van der Waals surface area contributed by atoms with Gasteiger partial charge in [0.1, 0.15) is 0 Å². The maximum absolute atomic E-state index is 12.2. The number of carbonyl (C=O) groups is 1. The quantitative estimate of drug-likeness (QED) is 0.886. The first kappa shape index (κ1) is 15.9. The first-order chi connectivity index (χ1) is 9.70. The van der Waals surface area contributed by atoms with Gasteiger partial charge in [-0.2, -0.15) is 0 Å². The number of nitrogens with zero attached hydrogens (tertiary/aromatic N) is 1. The smallest absolute Gasteiger partial charge is 0.337 e. The summed E-state index contributed by atoms with van der Waals surface area (Å²) < 4.78 is 27.1. The van der Waals surface area contributed by atoms with Crippen LogP contribution in [0.2, 0.25) is 0 Å². The summed E-state index contributed by atoms with van der Waals surface area (Å²) in [5.74, 6) is -1.13. The Balaban J connectivity index is 2.07. The van der Waals surface area contributed by atoms with Gasteiger partial charge in [0, 0.05) is 12.2 Å². The number of hydrogen-bond acceptors (Lipinski definition) is 4. The molecule has 0 aliphatic heterocycles. The van der Waals surface area contributed by atoms with Crippen molar-refractivity contribution in [2.75, 3.05) is 0 Å². The van der Waals surface area contributed by atoms with Gasteiger partial charge in [0.05, 0.1) is 5.56 Å². The van der Waals surface area contributed by atoms with Crippen LogP contribution in [-0.4, -0.2) is 30.5 Å². The molecule has 1 aromatic heterocycles. The van der Waals surface area contributed by atoms with E-state index in [0.717, 1.165) is 31.9 Å². The van der Waals surface area contributed by atoms with E-state index in [9.17, 15) is 13.2 Å². The lowest BCUT2D eigenvalue weighted by molar-refractivity contribution is 0.0696. The zero-order chi connectivity index (χ0) is 15.7. The van der Waals surface area contributed by atoms with Crippen LogP contribution in [0.25, 0.3) is 0 Å². The molecule has 6 nitrogen and oxygen atoms in total. The first-order valence-corrected chi connectivity index (χ1v) is 8.40. The van der Waals surface area contributed by atoms with Gasteiger partial charge in [-0.25, -0.2) is 22.9 Å². The van der Waals surface area contributed by atoms with Gasteiger partial charge < -0.3 is 5.11 Å². The van der Waals surface area contributed by atoms with Gasteiger partial charge in [-0.05, 0) is 43.2 Å². The summed E-state index contributed by atoms with van der Waals surface area (Å²) in [6.45, 7) is 4.37. The van der Waals surface area contributed by atoms with Crippen molar-refractivity contribution < 1.29 is 18.3 Å². The Hall–Kier alpha value is -1.47. The minimum absolute atomic E-state index is 0.0339. The Bertz CT molecular complexity index is 613. The number of pyridine rings is 1. The minimum Gasteiger partial charge on any atom is -0.478 e. The van der Waals surface area contributed by atoms with Crippen LogP contribution in [-0.2, 0) is 10.0 Å². The molecule has 1 heterocycles. The highest BCUT2D eigenvalue weighted by molar-refractivity contribution is 7.89. The summed E-state index contributed by atoms with van der Waals surface area (Å²) in [6.07, 6.45) is 4.62. The third kappa shape index (κ3) is 4.01. The molecule has 1 aliphatic carbocycles. The van der Waals surface area contributed by atoms with Crippen molar-refractivity contribution in [2.45, 2.75) is 50.6 Å². The van der Waals surface area contributed by atoms with Crippen LogP contribution >= 0.6 is 0 Å². The van der Waals surface area contributed by atoms with E-state index in [1.807, 2.05) is 0 Å². The van der Waals surface area contributed by atoms with Crippen molar-refractivity contribution in [1.29, 1.82) is 0 Å². The van der Waals surface area contributed by atoms with Crippen molar-refractivity contribution >= 4 is 16.0 Å². The van der Waals surface area contributed by atoms with E-state index in [1.165, 1.54) is 12.1 Å². The fourth-order valence-corrected chi connectivity index (χ4v) is 3.70. The van der Waals surface area contributed by atoms with Crippen LogP contribution in [0.5, 0.6) is 0 Å². The lowest BCUT2D eigenvalue weighted by atomic mass is 9.76. The van der Waals surface area contributed by atoms with E-state index >= 15 is 0 Å². The SMILES string of the molecule is CC1(C)CCC(NS(=O)(=O)c2ccc(C(=O)O)cn2)CC1. The molecule has 0 atom stereocenters. The molecule has 1 aliphatic rings. The predicted octanol–water partition coefficient (Wildman–Crippen LogP) is 2.03. The van der Waals surface area contributed by atoms with Gasteiger partial charge in [0.2, 0.25) is 0 Å². The van der Waals surface area contributed by atoms with Crippen LogP contribution in [0.1, 0.15) is 49.9 Å². The Morgan fingerprint density at radius 2 is 1.95 bits per heavy atom. The lowest BCUT2D eigenvalue weighted by Crippen LogP contribution is -2.39. The topological polar surface area (TPSA) is 96.4 Å². The molecule has 7 heteroatoms. The molecule has 1 fully saturated rings. The second-order valence-electron chi connectivity index (χ2n) is 6.25. The van der Waals surface area contributed by atoms with Crippen LogP contribution in [0.15, 0.2) is 23.4 Å². The first-order valence-electron chi connectivity index (χ1n) is 6.91. The van der Waals surface area contributed by atoms with Gasteiger partial charge in [0.15, 0.2) is 5.03 Å². The Morgan fingerprint density at radius 3 is 2.43 bits per heavy atom. The predicted molar refractivity (Wildman–Crippen MR) is 77.6 cm³/mol. The van der Waals surface area contributed by atoms with Gasteiger partial charge in [0.25, 0.3) is 10.0 Å². The van der Waals surface area contributed by atoms with E-state index in [0.29, 0.717) is 0 Å². The average molecular weight is 312 g/mol. The molecular formula is C14H20N2O4S. The maximum Gasteiger partial charge on any atom is 0.337 e. The molecule has 2 rings (SSSR count). The molecule has 1 aromatic rings. The van der Waals surface area contributed by atoms with Crippen molar-refractivity contribution in [2.24, 2.45) is 5.41 Å². The highest BCUT2D eigenvalue weighted by atomic mass is 32.2. The highest BCUT2D eigenvalue weighted by Gasteiger charge is 2.30. The van der Waals surface area contributed by atoms with Gasteiger partial charge in [-0.15, -0.1) is 0 Å². The second kappa shape index (κ2) is 5.73. The fraction of sp³-hybridized carbons (Fsp3) is 0.571. The molecule has 116 valence electrons. The van der Waals surface area contributed by atoms with Gasteiger partial charge in [-0.1, -0.05) is 13.8 Å². The number of carboxylic acids is 1. The standard InChI is InChI=1S/C14H20N2O4S/c1-14(2)7-5-11(6-8-14)16-21(19,20)12-4-3-10(9-15-12)13(17)18/h3-4,9,11,16H,5-8H2,1-2H3,(H,17,18). The van der Waals surface area contributed by atoms with Crippen molar-refractivity contribution in [3.8, 4) is 0 Å². The minimum atomic E-state index is -3.69. The van der Waals surface area contributed by atoms with E-state index in [1.54, 1.807) is 0 Å². The number of rotatable bonds is 4. The summed E-state index contributed by atoms with van der Waals surface area (Å²) in [5, 5.41) is 8.64. The lowest BCUT2D eigenvalue weighted by Gasteiger charge is -2.34. The van der Waals surface area contributed by atoms with Crippen LogP contribution in [0.4, 0.5) is 0 Å². The van der Waals surface area contributed by atoms with E-state index < -0.39 is 16.0 Å². The molecule has 0 saturated heterocycles. The van der Waals surface area contributed by atoms with Crippen molar-refractivity contribution in [3.05, 3.63) is 23.9 Å². The number of sulfonamides is 1. The molecule has 0 aromatic carbocycles. The molecule has 21 heavy (non-hydrogen) atoms. The molecular weight excluding hydrogens is 292 g/mol. The number of hydrogen-bond donors (Lipinski definition) is 2. The molecule has 2 N–H and O–H groups in total.